The van der Waals surface area contributed by atoms with Crippen molar-refractivity contribution < 1.29 is 9.90 Å². The van der Waals surface area contributed by atoms with E-state index in [1.807, 2.05) is 6.07 Å². The van der Waals surface area contributed by atoms with Crippen molar-refractivity contribution in [2.75, 3.05) is 5.32 Å². The molecule has 0 aliphatic rings. The Hall–Kier alpha value is -2.29. The Labute approximate surface area is 112 Å². The van der Waals surface area contributed by atoms with Crippen molar-refractivity contribution >= 4 is 11.7 Å². The van der Waals surface area contributed by atoms with Crippen LogP contribution >= 0.6 is 0 Å². The number of hydrogen-bond donors (Lipinski definition) is 2. The number of rotatable bonds is 4. The molecule has 2 N–H and O–H groups in total. The molecule has 0 saturated carbocycles. The summed E-state index contributed by atoms with van der Waals surface area (Å²) in [6, 6.07) is 13.2. The summed E-state index contributed by atoms with van der Waals surface area (Å²) in [5, 5.41) is 12.3. The lowest BCUT2D eigenvalue weighted by Gasteiger charge is -2.10. The van der Waals surface area contributed by atoms with Gasteiger partial charge in [0.05, 0.1) is 5.56 Å². The fourth-order valence-corrected chi connectivity index (χ4v) is 1.93. The third kappa shape index (κ3) is 3.13. The molecule has 3 nitrogen and oxygen atoms in total. The Bertz CT molecular complexity index is 605. The first-order valence-electron chi connectivity index (χ1n) is 6.20. The summed E-state index contributed by atoms with van der Waals surface area (Å²) in [6.07, 6.45) is 0. The molecule has 19 heavy (non-hydrogen) atoms. The number of para-hydroxylation sites is 1. The van der Waals surface area contributed by atoms with Crippen molar-refractivity contribution in [2.24, 2.45) is 0 Å². The summed E-state index contributed by atoms with van der Waals surface area (Å²) in [5.41, 5.74) is 4.59. The van der Waals surface area contributed by atoms with Gasteiger partial charge < -0.3 is 10.4 Å². The second-order valence-electron chi connectivity index (χ2n) is 4.62. The van der Waals surface area contributed by atoms with Gasteiger partial charge in [0.1, 0.15) is 0 Å². The molecular formula is C16H17NO2. The highest BCUT2D eigenvalue weighted by Crippen LogP contribution is 2.17. The molecule has 2 aromatic rings. The second-order valence-corrected chi connectivity index (χ2v) is 4.62. The lowest BCUT2D eigenvalue weighted by Crippen LogP contribution is -2.06. The number of carbonyl (C=O) groups is 1. The summed E-state index contributed by atoms with van der Waals surface area (Å²) in [5.74, 6) is -0.914. The number of anilines is 1. The van der Waals surface area contributed by atoms with E-state index in [-0.39, 0.29) is 0 Å². The van der Waals surface area contributed by atoms with Crippen LogP contribution < -0.4 is 5.32 Å². The molecular weight excluding hydrogens is 238 g/mol. The number of benzene rings is 2. The fourth-order valence-electron chi connectivity index (χ4n) is 1.93. The maximum atomic E-state index is 11.1. The lowest BCUT2D eigenvalue weighted by molar-refractivity contribution is 0.0698. The molecule has 0 saturated heterocycles. The van der Waals surface area contributed by atoms with Gasteiger partial charge in [0.2, 0.25) is 0 Å². The highest BCUT2D eigenvalue weighted by Gasteiger charge is 2.08. The Balaban J connectivity index is 2.14. The van der Waals surface area contributed by atoms with E-state index < -0.39 is 5.97 Å². The smallest absolute Gasteiger partial charge is 0.337 e. The number of nitrogens with one attached hydrogen (secondary N) is 1. The Morgan fingerprint density at radius 1 is 1.11 bits per heavy atom. The standard InChI is InChI=1S/C16H17NO2/c1-11-7-8-13(9-12(11)2)10-17-15-6-4-3-5-14(15)16(18)19/h3-9,17H,10H2,1-2H3,(H,18,19). The molecule has 0 amide bonds. The molecule has 0 bridgehead atoms. The zero-order valence-electron chi connectivity index (χ0n) is 11.1. The van der Waals surface area contributed by atoms with Crippen LogP contribution in [0.3, 0.4) is 0 Å². The summed E-state index contributed by atoms with van der Waals surface area (Å²) < 4.78 is 0. The van der Waals surface area contributed by atoms with Gasteiger partial charge in [-0.3, -0.25) is 0 Å². The summed E-state index contributed by atoms with van der Waals surface area (Å²) in [6.45, 7) is 4.77. The number of carboxylic acid groups (broad SMARTS) is 1. The van der Waals surface area contributed by atoms with Crippen LogP contribution in [-0.4, -0.2) is 11.1 Å². The van der Waals surface area contributed by atoms with Gasteiger partial charge in [0, 0.05) is 12.2 Å². The van der Waals surface area contributed by atoms with E-state index in [1.54, 1.807) is 18.2 Å². The van der Waals surface area contributed by atoms with E-state index in [0.717, 1.165) is 5.56 Å². The highest BCUT2D eigenvalue weighted by atomic mass is 16.4. The number of hydrogen-bond acceptors (Lipinski definition) is 2. The first-order valence-corrected chi connectivity index (χ1v) is 6.20. The molecule has 98 valence electrons. The monoisotopic (exact) mass is 255 g/mol. The van der Waals surface area contributed by atoms with Crippen molar-refractivity contribution in [3.05, 3.63) is 64.7 Å². The molecule has 0 heterocycles. The van der Waals surface area contributed by atoms with Crippen LogP contribution in [0.15, 0.2) is 42.5 Å². The predicted octanol–water partition coefficient (Wildman–Crippen LogP) is 3.61. The molecule has 0 unspecified atom stereocenters. The van der Waals surface area contributed by atoms with Gasteiger partial charge in [0.25, 0.3) is 0 Å². The van der Waals surface area contributed by atoms with Crippen LogP contribution in [0.1, 0.15) is 27.0 Å². The van der Waals surface area contributed by atoms with Crippen LogP contribution in [0.5, 0.6) is 0 Å². The van der Waals surface area contributed by atoms with Crippen molar-refractivity contribution in [1.29, 1.82) is 0 Å². The molecule has 0 aromatic heterocycles. The van der Waals surface area contributed by atoms with Crippen LogP contribution in [0.25, 0.3) is 0 Å². The molecule has 2 aromatic carbocycles. The molecule has 0 fully saturated rings. The minimum absolute atomic E-state index is 0.298. The van der Waals surface area contributed by atoms with Crippen LogP contribution in [0.4, 0.5) is 5.69 Å². The van der Waals surface area contributed by atoms with E-state index in [9.17, 15) is 4.79 Å². The minimum atomic E-state index is -0.914. The van der Waals surface area contributed by atoms with Crippen molar-refractivity contribution in [3.63, 3.8) is 0 Å². The average molecular weight is 255 g/mol. The zero-order chi connectivity index (χ0) is 13.8. The van der Waals surface area contributed by atoms with E-state index >= 15 is 0 Å². The summed E-state index contributed by atoms with van der Waals surface area (Å²) in [4.78, 5) is 11.1. The average Bonchev–Trinajstić information content (AvgIpc) is 2.40. The largest absolute Gasteiger partial charge is 0.478 e. The van der Waals surface area contributed by atoms with Gasteiger partial charge in [0.15, 0.2) is 0 Å². The highest BCUT2D eigenvalue weighted by molar-refractivity contribution is 5.94. The molecule has 3 heteroatoms. The molecule has 0 atom stereocenters. The molecule has 2 rings (SSSR count). The van der Waals surface area contributed by atoms with Gasteiger partial charge in [-0.1, -0.05) is 30.3 Å². The van der Waals surface area contributed by atoms with Gasteiger partial charge in [-0.25, -0.2) is 4.79 Å². The van der Waals surface area contributed by atoms with Crippen LogP contribution in [0, 0.1) is 13.8 Å². The van der Waals surface area contributed by atoms with E-state index in [2.05, 4.69) is 37.4 Å². The third-order valence-corrected chi connectivity index (χ3v) is 3.21. The minimum Gasteiger partial charge on any atom is -0.478 e. The summed E-state index contributed by atoms with van der Waals surface area (Å²) in [7, 11) is 0. The first kappa shape index (κ1) is 13.1. The maximum Gasteiger partial charge on any atom is 0.337 e. The quantitative estimate of drug-likeness (QED) is 0.877. The van der Waals surface area contributed by atoms with Crippen LogP contribution in [-0.2, 0) is 6.54 Å². The zero-order valence-corrected chi connectivity index (χ0v) is 11.1. The first-order chi connectivity index (χ1) is 9.08. The lowest BCUT2D eigenvalue weighted by atomic mass is 10.1. The SMILES string of the molecule is Cc1ccc(CNc2ccccc2C(=O)O)cc1C. The number of carboxylic acids is 1. The van der Waals surface area contributed by atoms with Crippen molar-refractivity contribution in [2.45, 2.75) is 20.4 Å². The van der Waals surface area contributed by atoms with Gasteiger partial charge in [-0.05, 0) is 42.7 Å². The second kappa shape index (κ2) is 5.57. The molecule has 0 radical (unpaired) electrons. The number of aromatic carboxylic acids is 1. The number of aryl methyl sites for hydroxylation is 2. The fraction of sp³-hybridized carbons (Fsp3) is 0.188. The van der Waals surface area contributed by atoms with Crippen molar-refractivity contribution in [1.82, 2.24) is 0 Å². The Kier molecular flexibility index (Phi) is 3.85. The summed E-state index contributed by atoms with van der Waals surface area (Å²) >= 11 is 0. The molecule has 0 aliphatic carbocycles. The van der Waals surface area contributed by atoms with Gasteiger partial charge in [-0.2, -0.15) is 0 Å². The Morgan fingerprint density at radius 2 is 1.84 bits per heavy atom. The maximum absolute atomic E-state index is 11.1. The third-order valence-electron chi connectivity index (χ3n) is 3.21. The van der Waals surface area contributed by atoms with Gasteiger partial charge in [-0.15, -0.1) is 0 Å². The van der Waals surface area contributed by atoms with E-state index in [1.165, 1.54) is 11.1 Å². The molecule has 0 aliphatic heterocycles. The van der Waals surface area contributed by atoms with Gasteiger partial charge >= 0.3 is 5.97 Å². The van der Waals surface area contributed by atoms with E-state index in [0.29, 0.717) is 17.8 Å². The molecule has 0 spiro atoms. The normalized spacial score (nSPS) is 10.2. The topological polar surface area (TPSA) is 49.3 Å². The predicted molar refractivity (Wildman–Crippen MR) is 76.6 cm³/mol. The van der Waals surface area contributed by atoms with Crippen LogP contribution in [0.2, 0.25) is 0 Å². The Morgan fingerprint density at radius 3 is 2.53 bits per heavy atom. The van der Waals surface area contributed by atoms with Crippen molar-refractivity contribution in [3.8, 4) is 0 Å². The van der Waals surface area contributed by atoms with E-state index in [4.69, 9.17) is 5.11 Å².